The molecule has 7 nitrogen and oxygen atoms in total. The molecule has 120 valence electrons. The van der Waals surface area contributed by atoms with Crippen LogP contribution in [0.4, 0.5) is 5.82 Å². The van der Waals surface area contributed by atoms with Gasteiger partial charge in [0.1, 0.15) is 10.7 Å². The molecular formula is C13H10BrN3O4S2. The first-order valence-electron chi connectivity index (χ1n) is 6.26. The van der Waals surface area contributed by atoms with Crippen LogP contribution in [0.5, 0.6) is 0 Å². The Morgan fingerprint density at radius 1 is 1.43 bits per heavy atom. The van der Waals surface area contributed by atoms with E-state index in [2.05, 4.69) is 26.2 Å². The molecule has 1 aliphatic rings. The molecule has 0 unspecified atom stereocenters. The third kappa shape index (κ3) is 2.62. The van der Waals surface area contributed by atoms with Crippen molar-refractivity contribution in [2.24, 2.45) is 0 Å². The van der Waals surface area contributed by atoms with Crippen LogP contribution < -0.4 is 5.32 Å². The molecule has 0 saturated heterocycles. The van der Waals surface area contributed by atoms with Gasteiger partial charge >= 0.3 is 0 Å². The lowest BCUT2D eigenvalue weighted by Gasteiger charge is -2.26. The van der Waals surface area contributed by atoms with Gasteiger partial charge < -0.3 is 10.4 Å². The average molecular weight is 416 g/mol. The van der Waals surface area contributed by atoms with E-state index in [1.807, 2.05) is 0 Å². The second-order valence-corrected chi connectivity index (χ2v) is 8.95. The molecule has 0 spiro atoms. The fourth-order valence-corrected chi connectivity index (χ4v) is 5.50. The van der Waals surface area contributed by atoms with E-state index < -0.39 is 15.9 Å². The van der Waals surface area contributed by atoms with Gasteiger partial charge in [-0.25, -0.2) is 13.4 Å². The predicted octanol–water partition coefficient (Wildman–Crippen LogP) is 2.40. The molecule has 3 rings (SSSR count). The highest BCUT2D eigenvalue weighted by atomic mass is 79.9. The Morgan fingerprint density at radius 2 is 2.17 bits per heavy atom. The van der Waals surface area contributed by atoms with Crippen LogP contribution >= 0.6 is 27.3 Å². The van der Waals surface area contributed by atoms with Crippen molar-refractivity contribution < 1.29 is 18.3 Å². The lowest BCUT2D eigenvalue weighted by Crippen LogP contribution is -2.36. The van der Waals surface area contributed by atoms with Crippen molar-refractivity contribution in [2.45, 2.75) is 4.90 Å². The smallest absolute Gasteiger partial charge is 0.278 e. The van der Waals surface area contributed by atoms with E-state index in [4.69, 9.17) is 0 Å². The second kappa shape index (κ2) is 5.62. The van der Waals surface area contributed by atoms with Crippen molar-refractivity contribution >= 4 is 54.8 Å². The third-order valence-corrected chi connectivity index (χ3v) is 6.74. The highest BCUT2D eigenvalue weighted by Gasteiger charge is 2.39. The molecule has 2 N–H and O–H groups in total. The number of anilines is 1. The van der Waals surface area contributed by atoms with E-state index in [9.17, 15) is 18.3 Å². The third-order valence-electron chi connectivity index (χ3n) is 3.18. The number of aliphatic hydroxyl groups excluding tert-OH is 1. The molecule has 23 heavy (non-hydrogen) atoms. The molecule has 0 bridgehead atoms. The summed E-state index contributed by atoms with van der Waals surface area (Å²) in [5.74, 6) is -0.898. The minimum Gasteiger partial charge on any atom is -0.504 e. The van der Waals surface area contributed by atoms with Crippen LogP contribution in [0, 0.1) is 0 Å². The summed E-state index contributed by atoms with van der Waals surface area (Å²) in [6.45, 7) is 0. The molecule has 1 amide bonds. The number of hydrogen-bond acceptors (Lipinski definition) is 6. The predicted molar refractivity (Wildman–Crippen MR) is 89.4 cm³/mol. The lowest BCUT2D eigenvalue weighted by atomic mass is 10.3. The number of amides is 1. The standard InChI is InChI=1S/C13H10BrN3O4S2/c1-17-10(13(19)16-9-4-2-3-5-15-9)11(18)12-7(23(17,20)21)6-8(14)22-12/h2-6,18H,1H3,(H,15,16,19). The summed E-state index contributed by atoms with van der Waals surface area (Å²) in [6.07, 6.45) is 1.49. The van der Waals surface area contributed by atoms with Gasteiger partial charge in [-0.1, -0.05) is 6.07 Å². The summed E-state index contributed by atoms with van der Waals surface area (Å²) in [4.78, 5) is 16.4. The Labute approximate surface area is 144 Å². The summed E-state index contributed by atoms with van der Waals surface area (Å²) in [7, 11) is -2.69. The SMILES string of the molecule is CN1C(C(=O)Nc2ccccn2)=C(O)c2sc(Br)cc2S1(=O)=O. The number of carbonyl (C=O) groups excluding carboxylic acids is 1. The van der Waals surface area contributed by atoms with Gasteiger partial charge in [-0.2, -0.15) is 0 Å². The number of nitrogens with one attached hydrogen (secondary N) is 1. The summed E-state index contributed by atoms with van der Waals surface area (Å²) in [5, 5.41) is 12.8. The highest BCUT2D eigenvalue weighted by Crippen LogP contribution is 2.41. The van der Waals surface area contributed by atoms with Gasteiger partial charge in [-0.15, -0.1) is 11.3 Å². The number of aliphatic hydroxyl groups is 1. The maximum atomic E-state index is 12.5. The number of pyridine rings is 1. The first kappa shape index (κ1) is 16.0. The molecule has 1 aliphatic heterocycles. The topological polar surface area (TPSA) is 99.6 Å². The summed E-state index contributed by atoms with van der Waals surface area (Å²) in [5.41, 5.74) is -0.350. The van der Waals surface area contributed by atoms with Crippen LogP contribution in [-0.4, -0.2) is 35.8 Å². The highest BCUT2D eigenvalue weighted by molar-refractivity contribution is 9.11. The van der Waals surface area contributed by atoms with E-state index in [-0.39, 0.29) is 27.0 Å². The minimum atomic E-state index is -3.90. The molecule has 0 fully saturated rings. The molecular weight excluding hydrogens is 406 g/mol. The lowest BCUT2D eigenvalue weighted by molar-refractivity contribution is -0.113. The average Bonchev–Trinajstić information content (AvgIpc) is 2.90. The number of nitrogens with zero attached hydrogens (tertiary/aromatic N) is 2. The normalized spacial score (nSPS) is 16.2. The van der Waals surface area contributed by atoms with Gasteiger partial charge in [0.2, 0.25) is 0 Å². The van der Waals surface area contributed by atoms with Crippen molar-refractivity contribution in [1.82, 2.24) is 9.29 Å². The first-order valence-corrected chi connectivity index (χ1v) is 9.31. The Bertz CT molecular complexity index is 922. The quantitative estimate of drug-likeness (QED) is 0.784. The molecule has 2 aromatic rings. The summed E-state index contributed by atoms with van der Waals surface area (Å²) in [6, 6.07) is 6.31. The van der Waals surface area contributed by atoms with Crippen LogP contribution in [0.1, 0.15) is 4.88 Å². The van der Waals surface area contributed by atoms with Crippen LogP contribution in [0.2, 0.25) is 0 Å². The van der Waals surface area contributed by atoms with E-state index in [1.54, 1.807) is 18.2 Å². The van der Waals surface area contributed by atoms with Gasteiger partial charge in [0.25, 0.3) is 15.9 Å². The number of rotatable bonds is 2. The Morgan fingerprint density at radius 3 is 2.83 bits per heavy atom. The van der Waals surface area contributed by atoms with Crippen LogP contribution in [0.15, 0.2) is 44.8 Å². The van der Waals surface area contributed by atoms with E-state index >= 15 is 0 Å². The number of fused-ring (bicyclic) bond motifs is 1. The van der Waals surface area contributed by atoms with Crippen molar-refractivity contribution in [3.05, 3.63) is 44.8 Å². The molecule has 3 heterocycles. The number of carbonyl (C=O) groups is 1. The molecule has 0 aliphatic carbocycles. The maximum Gasteiger partial charge on any atom is 0.278 e. The van der Waals surface area contributed by atoms with Crippen molar-refractivity contribution in [1.29, 1.82) is 0 Å². The maximum absolute atomic E-state index is 12.5. The van der Waals surface area contributed by atoms with Crippen molar-refractivity contribution in [3.63, 3.8) is 0 Å². The van der Waals surface area contributed by atoms with Gasteiger partial charge in [0, 0.05) is 13.2 Å². The Balaban J connectivity index is 2.09. The molecule has 0 atom stereocenters. The van der Waals surface area contributed by atoms with Gasteiger partial charge in [0.05, 0.1) is 8.66 Å². The van der Waals surface area contributed by atoms with Crippen LogP contribution in [0.3, 0.4) is 0 Å². The number of aromatic nitrogens is 1. The molecule has 2 aromatic heterocycles. The zero-order valence-corrected chi connectivity index (χ0v) is 14.9. The number of sulfonamides is 1. The Kier molecular flexibility index (Phi) is 3.90. The first-order chi connectivity index (χ1) is 10.8. The molecule has 10 heteroatoms. The summed E-state index contributed by atoms with van der Waals surface area (Å²) < 4.78 is 26.3. The van der Waals surface area contributed by atoms with Crippen molar-refractivity contribution in [2.75, 3.05) is 12.4 Å². The van der Waals surface area contributed by atoms with Gasteiger partial charge in [-0.3, -0.25) is 9.10 Å². The largest absolute Gasteiger partial charge is 0.504 e. The molecule has 0 radical (unpaired) electrons. The minimum absolute atomic E-state index is 0.0382. The second-order valence-electron chi connectivity index (χ2n) is 4.58. The fourth-order valence-electron chi connectivity index (χ4n) is 2.09. The van der Waals surface area contributed by atoms with E-state index in [0.717, 1.165) is 15.6 Å². The number of thiophene rings is 1. The monoisotopic (exact) mass is 415 g/mol. The zero-order valence-electron chi connectivity index (χ0n) is 11.6. The summed E-state index contributed by atoms with van der Waals surface area (Å²) >= 11 is 4.23. The number of hydrogen-bond donors (Lipinski definition) is 2. The van der Waals surface area contributed by atoms with E-state index in [0.29, 0.717) is 3.79 Å². The van der Waals surface area contributed by atoms with Crippen LogP contribution in [0.25, 0.3) is 5.76 Å². The van der Waals surface area contributed by atoms with E-state index in [1.165, 1.54) is 19.3 Å². The molecule has 0 saturated carbocycles. The fraction of sp³-hybridized carbons (Fsp3) is 0.0769. The van der Waals surface area contributed by atoms with Crippen molar-refractivity contribution in [3.8, 4) is 0 Å². The number of likely N-dealkylation sites (N-methyl/N-ethyl adjacent to an activating group) is 1. The van der Waals surface area contributed by atoms with Crippen LogP contribution in [-0.2, 0) is 14.8 Å². The van der Waals surface area contributed by atoms with Gasteiger partial charge in [0.15, 0.2) is 11.5 Å². The number of halogens is 1. The zero-order chi connectivity index (χ0) is 16.8. The molecule has 0 aromatic carbocycles. The Hall–Kier alpha value is -1.91. The van der Waals surface area contributed by atoms with Gasteiger partial charge in [-0.05, 0) is 34.1 Å².